The molecule has 3 heterocycles. The van der Waals surface area contributed by atoms with E-state index in [-0.39, 0.29) is 29.5 Å². The van der Waals surface area contributed by atoms with Gasteiger partial charge in [-0.2, -0.15) is 9.50 Å². The van der Waals surface area contributed by atoms with Gasteiger partial charge in [0, 0.05) is 0 Å². The van der Waals surface area contributed by atoms with Crippen LogP contribution in [0.25, 0.3) is 5.78 Å². The third kappa shape index (κ3) is 5.67. The summed E-state index contributed by atoms with van der Waals surface area (Å²) in [6.07, 6.45) is -3.07. The normalized spacial score (nSPS) is 19.7. The van der Waals surface area contributed by atoms with Crippen molar-refractivity contribution in [3.63, 3.8) is 0 Å². The Kier molecular flexibility index (Phi) is 7.55. The second-order valence-corrected chi connectivity index (χ2v) is 9.22. The predicted octanol–water partition coefficient (Wildman–Crippen LogP) is 2.90. The highest BCUT2D eigenvalue weighted by atomic mass is 16.7. The minimum atomic E-state index is -1.19. The standard InChI is InChI=1S/C29H24N6O7/c36-25(18-10-4-1-5-11-18)39-16-21-22(41-26(37)19-12-6-2-7-13-19)23(42-27(38)20-14-8-3-9-15-20)24(40-21)32-29-34-33-28-30-17-31-35(28)29/h1-15,17,21-24H,16H2,(H,32,34)(H,30,31,33)/t21-,22-,23-,24+/m1/s1. The van der Waals surface area contributed by atoms with Gasteiger partial charge in [-0.1, -0.05) is 54.6 Å². The number of ether oxygens (including phenoxy) is 4. The second kappa shape index (κ2) is 11.9. The maximum atomic E-state index is 13.2. The number of nitrogens with one attached hydrogen (secondary N) is 2. The van der Waals surface area contributed by atoms with Gasteiger partial charge in [-0.15, -0.1) is 10.2 Å². The zero-order valence-corrected chi connectivity index (χ0v) is 21.9. The first-order valence-electron chi connectivity index (χ1n) is 13.0. The van der Waals surface area contributed by atoms with Gasteiger partial charge < -0.3 is 24.3 Å². The Morgan fingerprint density at radius 3 is 1.90 bits per heavy atom. The SMILES string of the molecule is O=C(OC[C@H]1O[C@H](Nc2nnc3nc[nH]n23)[C@H](OC(=O)c2ccccc2)[C@@H]1OC(=O)c1ccccc1)c1ccccc1. The zero-order valence-electron chi connectivity index (χ0n) is 21.9. The van der Waals surface area contributed by atoms with Gasteiger partial charge in [-0.3, -0.25) is 5.10 Å². The monoisotopic (exact) mass is 568 g/mol. The van der Waals surface area contributed by atoms with Crippen LogP contribution in [0.4, 0.5) is 5.95 Å². The molecule has 0 unspecified atom stereocenters. The first kappa shape index (κ1) is 26.7. The molecule has 13 nitrogen and oxygen atoms in total. The molecular weight excluding hydrogens is 544 g/mol. The number of anilines is 1. The first-order valence-corrected chi connectivity index (χ1v) is 13.0. The van der Waals surface area contributed by atoms with E-state index in [0.717, 1.165) is 0 Å². The van der Waals surface area contributed by atoms with Crippen molar-refractivity contribution in [1.82, 2.24) is 24.8 Å². The molecule has 1 fully saturated rings. The van der Waals surface area contributed by atoms with Gasteiger partial charge >= 0.3 is 17.9 Å². The zero-order chi connectivity index (χ0) is 28.9. The molecular formula is C29H24N6O7. The molecule has 0 saturated carbocycles. The van der Waals surface area contributed by atoms with Crippen LogP contribution in [-0.4, -0.2) is 73.9 Å². The first-order chi connectivity index (χ1) is 20.6. The molecule has 4 atom stereocenters. The number of fused-ring (bicyclic) bond motifs is 1. The quantitative estimate of drug-likeness (QED) is 0.199. The Bertz CT molecular complexity index is 1680. The molecule has 3 aromatic carbocycles. The molecule has 1 saturated heterocycles. The summed E-state index contributed by atoms with van der Waals surface area (Å²) in [6, 6.07) is 25.1. The van der Waals surface area contributed by atoms with E-state index in [9.17, 15) is 14.4 Å². The lowest BCUT2D eigenvalue weighted by Crippen LogP contribution is -2.43. The van der Waals surface area contributed by atoms with Crippen molar-refractivity contribution in [2.45, 2.75) is 24.5 Å². The average molecular weight is 569 g/mol. The Labute approximate surface area is 238 Å². The van der Waals surface area contributed by atoms with E-state index < -0.39 is 42.4 Å². The van der Waals surface area contributed by atoms with Crippen LogP contribution < -0.4 is 5.32 Å². The summed E-state index contributed by atoms with van der Waals surface area (Å²) in [5.74, 6) is -1.47. The van der Waals surface area contributed by atoms with Crippen LogP contribution in [0, 0.1) is 0 Å². The lowest BCUT2D eigenvalue weighted by Gasteiger charge is -2.24. The molecule has 0 radical (unpaired) electrons. The third-order valence-corrected chi connectivity index (χ3v) is 6.49. The maximum absolute atomic E-state index is 13.2. The summed E-state index contributed by atoms with van der Waals surface area (Å²) >= 11 is 0. The number of hydrogen-bond acceptors (Lipinski definition) is 11. The highest BCUT2D eigenvalue weighted by molar-refractivity contribution is 5.91. The van der Waals surface area contributed by atoms with Crippen molar-refractivity contribution in [3.8, 4) is 0 Å². The lowest BCUT2D eigenvalue weighted by atomic mass is 10.1. The fourth-order valence-corrected chi connectivity index (χ4v) is 4.44. The fraction of sp³-hybridized carbons (Fsp3) is 0.172. The van der Waals surface area contributed by atoms with E-state index in [4.69, 9.17) is 18.9 Å². The van der Waals surface area contributed by atoms with Gasteiger partial charge in [-0.05, 0) is 36.4 Å². The number of benzene rings is 3. The second-order valence-electron chi connectivity index (χ2n) is 9.22. The van der Waals surface area contributed by atoms with Gasteiger partial charge in [0.25, 0.3) is 5.78 Å². The lowest BCUT2D eigenvalue weighted by molar-refractivity contribution is -0.0441. The van der Waals surface area contributed by atoms with Gasteiger partial charge in [0.1, 0.15) is 19.0 Å². The van der Waals surface area contributed by atoms with Crippen molar-refractivity contribution < 1.29 is 33.3 Å². The van der Waals surface area contributed by atoms with Crippen LogP contribution in [0.5, 0.6) is 0 Å². The van der Waals surface area contributed by atoms with Crippen LogP contribution in [0.1, 0.15) is 31.1 Å². The minimum absolute atomic E-state index is 0.198. The predicted molar refractivity (Wildman–Crippen MR) is 145 cm³/mol. The van der Waals surface area contributed by atoms with E-state index in [1.807, 2.05) is 0 Å². The molecule has 6 rings (SSSR count). The van der Waals surface area contributed by atoms with Gasteiger partial charge in [0.05, 0.1) is 16.7 Å². The Hall–Kier alpha value is -5.56. The molecule has 1 aliphatic rings. The summed E-state index contributed by atoms with van der Waals surface area (Å²) in [6.45, 7) is -0.308. The Morgan fingerprint density at radius 1 is 0.762 bits per heavy atom. The Morgan fingerprint density at radius 2 is 1.31 bits per heavy atom. The van der Waals surface area contributed by atoms with Crippen LogP contribution in [0.3, 0.4) is 0 Å². The van der Waals surface area contributed by atoms with E-state index in [2.05, 4.69) is 25.6 Å². The molecule has 13 heteroatoms. The van der Waals surface area contributed by atoms with Crippen LogP contribution in [-0.2, 0) is 18.9 Å². The topological polar surface area (TPSA) is 159 Å². The molecule has 0 spiro atoms. The van der Waals surface area contributed by atoms with Gasteiger partial charge in [0.15, 0.2) is 18.4 Å². The smallest absolute Gasteiger partial charge is 0.338 e. The van der Waals surface area contributed by atoms with Crippen LogP contribution >= 0.6 is 0 Å². The molecule has 0 bridgehead atoms. The van der Waals surface area contributed by atoms with Crippen molar-refractivity contribution >= 4 is 29.6 Å². The molecule has 0 aliphatic carbocycles. The van der Waals surface area contributed by atoms with E-state index in [0.29, 0.717) is 5.56 Å². The summed E-state index contributed by atoms with van der Waals surface area (Å²) in [7, 11) is 0. The van der Waals surface area contributed by atoms with Crippen molar-refractivity contribution in [1.29, 1.82) is 0 Å². The molecule has 42 heavy (non-hydrogen) atoms. The summed E-state index contributed by atoms with van der Waals surface area (Å²) in [5.41, 5.74) is 0.889. The summed E-state index contributed by atoms with van der Waals surface area (Å²) in [5, 5.41) is 13.9. The van der Waals surface area contributed by atoms with Gasteiger partial charge in [-0.25, -0.2) is 14.4 Å². The van der Waals surface area contributed by atoms with Crippen molar-refractivity contribution in [2.24, 2.45) is 0 Å². The number of nitrogens with zero attached hydrogens (tertiary/aromatic N) is 4. The molecule has 0 amide bonds. The number of carbonyl (C=O) groups excluding carboxylic acids is 3. The highest BCUT2D eigenvalue weighted by Crippen LogP contribution is 2.30. The van der Waals surface area contributed by atoms with E-state index in [1.54, 1.807) is 91.0 Å². The molecule has 2 aromatic heterocycles. The molecule has 5 aromatic rings. The number of rotatable bonds is 9. The fourth-order valence-electron chi connectivity index (χ4n) is 4.44. The molecule has 212 valence electrons. The number of hydrogen-bond donors (Lipinski definition) is 2. The van der Waals surface area contributed by atoms with Gasteiger partial charge in [0.2, 0.25) is 5.95 Å². The maximum Gasteiger partial charge on any atom is 0.338 e. The van der Waals surface area contributed by atoms with Crippen molar-refractivity contribution in [3.05, 3.63) is 114 Å². The minimum Gasteiger partial charge on any atom is -0.459 e. The van der Waals surface area contributed by atoms with Crippen molar-refractivity contribution in [2.75, 3.05) is 11.9 Å². The van der Waals surface area contributed by atoms with E-state index in [1.165, 1.54) is 10.8 Å². The molecule has 2 N–H and O–H groups in total. The summed E-state index contributed by atoms with van der Waals surface area (Å²) < 4.78 is 25.0. The number of aromatic amines is 1. The number of esters is 3. The van der Waals surface area contributed by atoms with E-state index >= 15 is 0 Å². The van der Waals surface area contributed by atoms with Crippen LogP contribution in [0.2, 0.25) is 0 Å². The Balaban J connectivity index is 1.31. The average Bonchev–Trinajstić information content (AvgIpc) is 3.74. The summed E-state index contributed by atoms with van der Waals surface area (Å²) in [4.78, 5) is 43.2. The number of H-pyrrole nitrogens is 1. The number of carbonyl (C=O) groups is 3. The molecule has 1 aliphatic heterocycles. The third-order valence-electron chi connectivity index (χ3n) is 6.49. The number of aromatic nitrogens is 5. The largest absolute Gasteiger partial charge is 0.459 e. The highest BCUT2D eigenvalue weighted by Gasteiger charge is 2.51. The van der Waals surface area contributed by atoms with Crippen LogP contribution in [0.15, 0.2) is 97.3 Å².